The maximum Gasteiger partial charge on any atom is 0.0593 e. The van der Waals surface area contributed by atoms with Crippen LogP contribution in [0, 0.1) is 6.92 Å². The smallest absolute Gasteiger partial charge is 0.0593 e. The lowest BCUT2D eigenvalue weighted by atomic mass is 9.99. The van der Waals surface area contributed by atoms with Crippen LogP contribution in [0.5, 0.6) is 0 Å². The van der Waals surface area contributed by atoms with E-state index >= 15 is 0 Å². The SMILES string of the molecule is CCOCCN1Cc2cc3c(CC(N)CC)c(C)n(C)c3cc2C1. The molecule has 0 amide bonds. The van der Waals surface area contributed by atoms with Gasteiger partial charge in [0.2, 0.25) is 0 Å². The topological polar surface area (TPSA) is 43.4 Å². The van der Waals surface area contributed by atoms with E-state index in [2.05, 4.69) is 49.4 Å². The Balaban J connectivity index is 1.89. The first kappa shape index (κ1) is 17.5. The Morgan fingerprint density at radius 3 is 2.58 bits per heavy atom. The molecular formula is C20H31N3O. The average Bonchev–Trinajstić information content (AvgIpc) is 3.07. The molecule has 1 aliphatic rings. The predicted molar refractivity (Wildman–Crippen MR) is 100 cm³/mol. The zero-order chi connectivity index (χ0) is 17.3. The van der Waals surface area contributed by atoms with Crippen LogP contribution in [0.4, 0.5) is 0 Å². The highest BCUT2D eigenvalue weighted by Gasteiger charge is 2.22. The lowest BCUT2D eigenvalue weighted by Gasteiger charge is -2.13. The molecule has 1 unspecified atom stereocenters. The third kappa shape index (κ3) is 3.23. The lowest BCUT2D eigenvalue weighted by Crippen LogP contribution is -2.22. The Hall–Kier alpha value is -1.36. The summed E-state index contributed by atoms with van der Waals surface area (Å²) in [5.74, 6) is 0. The van der Waals surface area contributed by atoms with E-state index in [9.17, 15) is 0 Å². The van der Waals surface area contributed by atoms with Crippen LogP contribution in [0.15, 0.2) is 12.1 Å². The van der Waals surface area contributed by atoms with Crippen LogP contribution < -0.4 is 5.73 Å². The molecule has 0 saturated carbocycles. The van der Waals surface area contributed by atoms with Gasteiger partial charge in [-0.2, -0.15) is 0 Å². The fourth-order valence-electron chi connectivity index (χ4n) is 3.77. The summed E-state index contributed by atoms with van der Waals surface area (Å²) in [6.45, 7) is 11.1. The van der Waals surface area contributed by atoms with Gasteiger partial charge in [0.1, 0.15) is 0 Å². The number of aryl methyl sites for hydroxylation is 1. The van der Waals surface area contributed by atoms with Crippen molar-refractivity contribution in [1.82, 2.24) is 9.47 Å². The molecule has 0 aliphatic carbocycles. The molecule has 2 aromatic rings. The Kier molecular flexibility index (Phi) is 5.28. The second kappa shape index (κ2) is 7.26. The van der Waals surface area contributed by atoms with Crippen LogP contribution in [0.2, 0.25) is 0 Å². The van der Waals surface area contributed by atoms with Crippen molar-refractivity contribution in [3.05, 3.63) is 34.5 Å². The molecule has 1 aromatic carbocycles. The van der Waals surface area contributed by atoms with Crippen molar-refractivity contribution in [3.63, 3.8) is 0 Å². The molecule has 0 spiro atoms. The molecule has 2 N–H and O–H groups in total. The van der Waals surface area contributed by atoms with E-state index in [1.807, 2.05) is 0 Å². The van der Waals surface area contributed by atoms with Crippen molar-refractivity contribution >= 4 is 10.9 Å². The first-order valence-corrected chi connectivity index (χ1v) is 9.20. The Morgan fingerprint density at radius 1 is 1.21 bits per heavy atom. The Bertz CT molecular complexity index is 719. The monoisotopic (exact) mass is 329 g/mol. The maximum atomic E-state index is 6.25. The molecule has 4 heteroatoms. The molecule has 2 heterocycles. The summed E-state index contributed by atoms with van der Waals surface area (Å²) in [6.07, 6.45) is 1.98. The molecule has 0 radical (unpaired) electrons. The predicted octanol–water partition coefficient (Wildman–Crippen LogP) is 3.12. The molecule has 1 atom stereocenters. The third-order valence-corrected chi connectivity index (χ3v) is 5.48. The minimum Gasteiger partial charge on any atom is -0.380 e. The highest BCUT2D eigenvalue weighted by molar-refractivity contribution is 5.87. The number of rotatable bonds is 7. The summed E-state index contributed by atoms with van der Waals surface area (Å²) in [7, 11) is 2.17. The number of ether oxygens (including phenoxy) is 1. The minimum atomic E-state index is 0.241. The second-order valence-electron chi connectivity index (χ2n) is 7.04. The van der Waals surface area contributed by atoms with Crippen molar-refractivity contribution in [1.29, 1.82) is 0 Å². The quantitative estimate of drug-likeness (QED) is 0.794. The number of fused-ring (bicyclic) bond motifs is 2. The van der Waals surface area contributed by atoms with E-state index in [0.29, 0.717) is 0 Å². The zero-order valence-electron chi connectivity index (χ0n) is 15.6. The van der Waals surface area contributed by atoms with Crippen LogP contribution in [0.25, 0.3) is 10.9 Å². The van der Waals surface area contributed by atoms with Gasteiger partial charge in [0, 0.05) is 55.9 Å². The van der Waals surface area contributed by atoms with Gasteiger partial charge >= 0.3 is 0 Å². The van der Waals surface area contributed by atoms with E-state index in [1.54, 1.807) is 0 Å². The summed E-state index contributed by atoms with van der Waals surface area (Å²) in [5.41, 5.74) is 13.3. The number of hydrogen-bond donors (Lipinski definition) is 1. The molecule has 1 aromatic heterocycles. The number of nitrogens with two attached hydrogens (primary N) is 1. The third-order valence-electron chi connectivity index (χ3n) is 5.48. The average molecular weight is 329 g/mol. The van der Waals surface area contributed by atoms with Gasteiger partial charge in [-0.15, -0.1) is 0 Å². The number of hydrogen-bond acceptors (Lipinski definition) is 3. The summed E-state index contributed by atoms with van der Waals surface area (Å²) < 4.78 is 7.84. The Labute approximate surface area is 145 Å². The molecule has 3 rings (SSSR count). The molecule has 132 valence electrons. The number of nitrogens with zero attached hydrogens (tertiary/aromatic N) is 2. The van der Waals surface area contributed by atoms with E-state index < -0.39 is 0 Å². The fraction of sp³-hybridized carbons (Fsp3) is 0.600. The van der Waals surface area contributed by atoms with Gasteiger partial charge < -0.3 is 15.0 Å². The number of aromatic nitrogens is 1. The van der Waals surface area contributed by atoms with Gasteiger partial charge in [-0.25, -0.2) is 0 Å². The lowest BCUT2D eigenvalue weighted by molar-refractivity contribution is 0.113. The highest BCUT2D eigenvalue weighted by atomic mass is 16.5. The zero-order valence-corrected chi connectivity index (χ0v) is 15.6. The summed E-state index contributed by atoms with van der Waals surface area (Å²) in [4.78, 5) is 2.48. The van der Waals surface area contributed by atoms with E-state index in [4.69, 9.17) is 10.5 Å². The molecule has 0 saturated heterocycles. The van der Waals surface area contributed by atoms with E-state index in [-0.39, 0.29) is 6.04 Å². The first-order chi connectivity index (χ1) is 11.5. The summed E-state index contributed by atoms with van der Waals surface area (Å²) in [6, 6.07) is 5.04. The van der Waals surface area contributed by atoms with Gasteiger partial charge in [-0.3, -0.25) is 4.90 Å². The molecular weight excluding hydrogens is 298 g/mol. The van der Waals surface area contributed by atoms with Crippen LogP contribution in [-0.4, -0.2) is 35.3 Å². The maximum absolute atomic E-state index is 6.25. The van der Waals surface area contributed by atoms with Crippen molar-refractivity contribution < 1.29 is 4.74 Å². The van der Waals surface area contributed by atoms with Gasteiger partial charge in [-0.1, -0.05) is 6.92 Å². The van der Waals surface area contributed by atoms with E-state index in [1.165, 1.54) is 33.3 Å². The van der Waals surface area contributed by atoms with Crippen molar-refractivity contribution in [2.24, 2.45) is 12.8 Å². The van der Waals surface area contributed by atoms with Crippen LogP contribution >= 0.6 is 0 Å². The van der Waals surface area contributed by atoms with Gasteiger partial charge in [0.25, 0.3) is 0 Å². The molecule has 24 heavy (non-hydrogen) atoms. The summed E-state index contributed by atoms with van der Waals surface area (Å²) >= 11 is 0. The van der Waals surface area contributed by atoms with Crippen molar-refractivity contribution in [2.45, 2.75) is 52.7 Å². The minimum absolute atomic E-state index is 0.241. The molecule has 1 aliphatic heterocycles. The van der Waals surface area contributed by atoms with Crippen LogP contribution in [0.1, 0.15) is 42.7 Å². The molecule has 4 nitrogen and oxygen atoms in total. The van der Waals surface area contributed by atoms with Crippen LogP contribution in [-0.2, 0) is 31.3 Å². The summed E-state index contributed by atoms with van der Waals surface area (Å²) in [5, 5.41) is 1.39. The van der Waals surface area contributed by atoms with Gasteiger partial charge in [0.15, 0.2) is 0 Å². The van der Waals surface area contributed by atoms with Gasteiger partial charge in [-0.05, 0) is 55.5 Å². The first-order valence-electron chi connectivity index (χ1n) is 9.20. The van der Waals surface area contributed by atoms with Crippen molar-refractivity contribution in [2.75, 3.05) is 19.8 Å². The normalized spacial score (nSPS) is 16.0. The molecule has 0 fully saturated rings. The number of benzene rings is 1. The highest BCUT2D eigenvalue weighted by Crippen LogP contribution is 2.32. The van der Waals surface area contributed by atoms with Gasteiger partial charge in [0.05, 0.1) is 6.61 Å². The Morgan fingerprint density at radius 2 is 1.92 bits per heavy atom. The van der Waals surface area contributed by atoms with E-state index in [0.717, 1.165) is 45.7 Å². The molecule has 0 bridgehead atoms. The fourth-order valence-corrected chi connectivity index (χ4v) is 3.77. The van der Waals surface area contributed by atoms with Crippen LogP contribution in [0.3, 0.4) is 0 Å². The second-order valence-corrected chi connectivity index (χ2v) is 7.04. The van der Waals surface area contributed by atoms with Crippen molar-refractivity contribution in [3.8, 4) is 0 Å². The standard InChI is InChI=1S/C20H31N3O/c1-5-17(21)11-18-14(3)22(4)20-10-16-13-23(7-8-24-6-2)12-15(16)9-19(18)20/h9-10,17H,5-8,11-13,21H2,1-4H3. The largest absolute Gasteiger partial charge is 0.380 e.